The third kappa shape index (κ3) is 4.71. The summed E-state index contributed by atoms with van der Waals surface area (Å²) in [6.45, 7) is 4.46. The molecule has 1 heterocycles. The highest BCUT2D eigenvalue weighted by molar-refractivity contribution is 8.14. The van der Waals surface area contributed by atoms with E-state index in [4.69, 9.17) is 4.99 Å². The molecule has 1 aliphatic carbocycles. The van der Waals surface area contributed by atoms with E-state index in [1.165, 1.54) is 44.2 Å². The van der Waals surface area contributed by atoms with Crippen LogP contribution in [0.2, 0.25) is 0 Å². The quantitative estimate of drug-likeness (QED) is 0.737. The Labute approximate surface area is 165 Å². The highest BCUT2D eigenvalue weighted by atomic mass is 35.5. The van der Waals surface area contributed by atoms with Gasteiger partial charge in [-0.2, -0.15) is 0 Å². The molecule has 144 valence electrons. The third-order valence-electron chi connectivity index (χ3n) is 4.92. The van der Waals surface area contributed by atoms with Crippen molar-refractivity contribution in [1.82, 2.24) is 4.90 Å². The SMILES string of the molecule is CCN1C(=NC2CCCCC2)SCC1N(C(C)=O)c1ccc(F)cc1.Cl. The number of thioether (sulfide) groups is 1. The minimum Gasteiger partial charge on any atom is -0.330 e. The number of carbonyl (C=O) groups excluding carboxylic acids is 1. The van der Waals surface area contributed by atoms with Crippen LogP contribution in [0.1, 0.15) is 46.0 Å². The topological polar surface area (TPSA) is 35.9 Å². The summed E-state index contributed by atoms with van der Waals surface area (Å²) in [6.07, 6.45) is 6.10. The molecule has 26 heavy (non-hydrogen) atoms. The van der Waals surface area contributed by atoms with Crippen molar-refractivity contribution in [2.75, 3.05) is 17.2 Å². The van der Waals surface area contributed by atoms with Gasteiger partial charge in [-0.3, -0.25) is 14.7 Å². The Morgan fingerprint density at radius 3 is 2.50 bits per heavy atom. The Kier molecular flexibility index (Phi) is 7.77. The molecule has 7 heteroatoms. The van der Waals surface area contributed by atoms with Crippen LogP contribution in [0.25, 0.3) is 0 Å². The van der Waals surface area contributed by atoms with Gasteiger partial charge in [0.25, 0.3) is 0 Å². The highest BCUT2D eigenvalue weighted by Gasteiger charge is 2.36. The van der Waals surface area contributed by atoms with Crippen LogP contribution in [-0.2, 0) is 4.79 Å². The molecule has 0 radical (unpaired) electrons. The van der Waals surface area contributed by atoms with E-state index in [9.17, 15) is 9.18 Å². The molecule has 1 unspecified atom stereocenters. The molecule has 4 nitrogen and oxygen atoms in total. The fourth-order valence-corrected chi connectivity index (χ4v) is 4.92. The van der Waals surface area contributed by atoms with Gasteiger partial charge < -0.3 is 4.90 Å². The van der Waals surface area contributed by atoms with Crippen molar-refractivity contribution in [2.24, 2.45) is 4.99 Å². The maximum atomic E-state index is 13.3. The van der Waals surface area contributed by atoms with E-state index in [0.29, 0.717) is 6.04 Å². The monoisotopic (exact) mass is 399 g/mol. The zero-order valence-corrected chi connectivity index (χ0v) is 17.0. The first-order valence-corrected chi connectivity index (χ1v) is 10.1. The Bertz CT molecular complexity index is 634. The summed E-state index contributed by atoms with van der Waals surface area (Å²) in [7, 11) is 0. The molecular weight excluding hydrogens is 373 g/mol. The Balaban J connectivity index is 0.00000243. The van der Waals surface area contributed by atoms with Gasteiger partial charge in [-0.15, -0.1) is 12.4 Å². The second-order valence-electron chi connectivity index (χ2n) is 6.65. The number of benzene rings is 1. The lowest BCUT2D eigenvalue weighted by Crippen LogP contribution is -2.50. The van der Waals surface area contributed by atoms with Crippen LogP contribution >= 0.6 is 24.2 Å². The van der Waals surface area contributed by atoms with Crippen molar-refractivity contribution < 1.29 is 9.18 Å². The van der Waals surface area contributed by atoms with Gasteiger partial charge in [-0.05, 0) is 44.0 Å². The van der Waals surface area contributed by atoms with Gasteiger partial charge in [0.2, 0.25) is 5.91 Å². The van der Waals surface area contributed by atoms with Crippen LogP contribution in [0.15, 0.2) is 29.3 Å². The van der Waals surface area contributed by atoms with Crippen LogP contribution in [0.4, 0.5) is 10.1 Å². The number of rotatable bonds is 4. The lowest BCUT2D eigenvalue weighted by Gasteiger charge is -2.34. The molecule has 0 bridgehead atoms. The van der Waals surface area contributed by atoms with Crippen LogP contribution < -0.4 is 4.90 Å². The molecule has 1 saturated carbocycles. The maximum absolute atomic E-state index is 13.3. The number of carbonyl (C=O) groups is 1. The summed E-state index contributed by atoms with van der Waals surface area (Å²) in [4.78, 5) is 21.3. The van der Waals surface area contributed by atoms with E-state index in [0.717, 1.165) is 23.2 Å². The van der Waals surface area contributed by atoms with Gasteiger partial charge in [0.05, 0.1) is 6.04 Å². The van der Waals surface area contributed by atoms with Crippen molar-refractivity contribution in [1.29, 1.82) is 0 Å². The zero-order valence-electron chi connectivity index (χ0n) is 15.4. The van der Waals surface area contributed by atoms with Crippen molar-refractivity contribution in [3.8, 4) is 0 Å². The van der Waals surface area contributed by atoms with E-state index in [-0.39, 0.29) is 30.3 Å². The lowest BCUT2D eigenvalue weighted by molar-refractivity contribution is -0.117. The number of anilines is 1. The van der Waals surface area contributed by atoms with Crippen LogP contribution in [-0.4, -0.2) is 40.5 Å². The fourth-order valence-electron chi connectivity index (χ4n) is 3.65. The first-order chi connectivity index (χ1) is 12.1. The molecule has 3 rings (SSSR count). The minimum absolute atomic E-state index is 0. The molecule has 2 fully saturated rings. The van der Waals surface area contributed by atoms with Gasteiger partial charge in [-0.1, -0.05) is 31.0 Å². The van der Waals surface area contributed by atoms with E-state index < -0.39 is 0 Å². The van der Waals surface area contributed by atoms with Gasteiger partial charge in [0.1, 0.15) is 12.0 Å². The summed E-state index contributed by atoms with van der Waals surface area (Å²) in [5.74, 6) is 0.464. The summed E-state index contributed by atoms with van der Waals surface area (Å²) in [6, 6.07) is 6.57. The van der Waals surface area contributed by atoms with Crippen LogP contribution in [0, 0.1) is 5.82 Å². The molecule has 0 N–H and O–H groups in total. The largest absolute Gasteiger partial charge is 0.330 e. The number of halogens is 2. The van der Waals surface area contributed by atoms with Gasteiger partial charge >= 0.3 is 0 Å². The Morgan fingerprint density at radius 2 is 1.92 bits per heavy atom. The van der Waals surface area contributed by atoms with E-state index >= 15 is 0 Å². The average molecular weight is 400 g/mol. The molecule has 1 atom stereocenters. The van der Waals surface area contributed by atoms with Crippen LogP contribution in [0.3, 0.4) is 0 Å². The molecule has 2 aliphatic rings. The second kappa shape index (κ2) is 9.60. The Morgan fingerprint density at radius 1 is 1.27 bits per heavy atom. The fraction of sp³-hybridized carbons (Fsp3) is 0.579. The summed E-state index contributed by atoms with van der Waals surface area (Å²) in [5.41, 5.74) is 0.733. The standard InChI is InChI=1S/C19H26FN3OS.ClH/c1-3-22-18(13-25-19(22)21-16-7-5-4-6-8-16)23(14(2)24)17-11-9-15(20)10-12-17;/h9-12,16,18H,3-8,13H2,1-2H3;1H. The highest BCUT2D eigenvalue weighted by Crippen LogP contribution is 2.32. The van der Waals surface area contributed by atoms with Crippen molar-refractivity contribution >= 4 is 40.9 Å². The van der Waals surface area contributed by atoms with Gasteiger partial charge in [-0.25, -0.2) is 4.39 Å². The summed E-state index contributed by atoms with van der Waals surface area (Å²) < 4.78 is 13.3. The number of aliphatic imine (C=N–C) groups is 1. The van der Waals surface area contributed by atoms with E-state index in [1.54, 1.807) is 35.7 Å². The van der Waals surface area contributed by atoms with Gasteiger partial charge in [0, 0.05) is 24.9 Å². The van der Waals surface area contributed by atoms with E-state index in [2.05, 4.69) is 11.8 Å². The average Bonchev–Trinajstić information content (AvgIpc) is 2.99. The smallest absolute Gasteiger partial charge is 0.225 e. The second-order valence-corrected chi connectivity index (χ2v) is 7.63. The molecule has 1 amide bonds. The maximum Gasteiger partial charge on any atom is 0.225 e. The summed E-state index contributed by atoms with van der Waals surface area (Å²) in [5, 5.41) is 1.05. The number of amidine groups is 1. The minimum atomic E-state index is -0.292. The molecule has 1 aromatic carbocycles. The predicted molar refractivity (Wildman–Crippen MR) is 110 cm³/mol. The number of nitrogens with zero attached hydrogens (tertiary/aromatic N) is 3. The zero-order chi connectivity index (χ0) is 17.8. The summed E-state index contributed by atoms with van der Waals surface area (Å²) >= 11 is 1.73. The third-order valence-corrected chi connectivity index (χ3v) is 5.98. The van der Waals surface area contributed by atoms with Crippen LogP contribution in [0.5, 0.6) is 0 Å². The normalized spacial score (nSPS) is 22.3. The van der Waals surface area contributed by atoms with E-state index in [1.807, 2.05) is 0 Å². The first kappa shape index (κ1) is 21.0. The lowest BCUT2D eigenvalue weighted by atomic mass is 9.96. The van der Waals surface area contributed by atoms with Crippen molar-refractivity contribution in [3.05, 3.63) is 30.1 Å². The molecule has 1 aliphatic heterocycles. The molecule has 1 saturated heterocycles. The predicted octanol–water partition coefficient (Wildman–Crippen LogP) is 4.68. The molecule has 1 aromatic rings. The number of hydrogen-bond donors (Lipinski definition) is 0. The van der Waals surface area contributed by atoms with Gasteiger partial charge in [0.15, 0.2) is 5.17 Å². The first-order valence-electron chi connectivity index (χ1n) is 9.12. The molecular formula is C19H27ClFN3OS. The Hall–Kier alpha value is -1.27. The molecule has 0 spiro atoms. The van der Waals surface area contributed by atoms with Crippen molar-refractivity contribution in [2.45, 2.75) is 58.2 Å². The van der Waals surface area contributed by atoms with Crippen molar-refractivity contribution in [3.63, 3.8) is 0 Å². The number of hydrogen-bond acceptors (Lipinski definition) is 3. The number of amides is 1. The molecule has 0 aromatic heterocycles.